The summed E-state index contributed by atoms with van der Waals surface area (Å²) in [6, 6.07) is 10.8. The first-order chi connectivity index (χ1) is 9.79. The van der Waals surface area contributed by atoms with Crippen molar-refractivity contribution in [3.63, 3.8) is 0 Å². The second-order valence-electron chi connectivity index (χ2n) is 4.86. The van der Waals surface area contributed by atoms with Gasteiger partial charge in [-0.1, -0.05) is 6.07 Å². The van der Waals surface area contributed by atoms with Gasteiger partial charge in [0.2, 0.25) is 0 Å². The zero-order valence-corrected chi connectivity index (χ0v) is 12.9. The molecule has 0 aromatic heterocycles. The van der Waals surface area contributed by atoms with Gasteiger partial charge in [-0.2, -0.15) is 8.42 Å². The van der Waals surface area contributed by atoms with E-state index in [-0.39, 0.29) is 16.4 Å². The largest absolute Gasteiger partial charge is 0.379 e. The van der Waals surface area contributed by atoms with Crippen LogP contribution in [0.5, 0.6) is 5.75 Å². The normalized spacial score (nSPS) is 11.2. The van der Waals surface area contributed by atoms with E-state index < -0.39 is 10.1 Å². The summed E-state index contributed by atoms with van der Waals surface area (Å²) in [4.78, 5) is 11.3. The maximum Gasteiger partial charge on any atom is 0.339 e. The Labute approximate surface area is 124 Å². The van der Waals surface area contributed by atoms with Gasteiger partial charge >= 0.3 is 10.1 Å². The van der Waals surface area contributed by atoms with Gasteiger partial charge in [0.1, 0.15) is 10.6 Å². The standard InChI is InChI=1S/C16H16O4S/c1-11-4-9-16(10-12(11)2)21(18,19)20-15-7-5-14(6-8-15)13(3)17/h4-10H,1-3H3. The van der Waals surface area contributed by atoms with Crippen molar-refractivity contribution in [1.29, 1.82) is 0 Å². The third-order valence-corrected chi connectivity index (χ3v) is 4.48. The molecule has 2 rings (SSSR count). The molecule has 0 unspecified atom stereocenters. The topological polar surface area (TPSA) is 60.4 Å². The Morgan fingerprint density at radius 2 is 1.57 bits per heavy atom. The SMILES string of the molecule is CC(=O)c1ccc(OS(=O)(=O)c2ccc(C)c(C)c2)cc1. The van der Waals surface area contributed by atoms with E-state index in [4.69, 9.17) is 4.18 Å². The smallest absolute Gasteiger partial charge is 0.339 e. The van der Waals surface area contributed by atoms with Crippen LogP contribution in [0.4, 0.5) is 0 Å². The Kier molecular flexibility index (Phi) is 4.14. The van der Waals surface area contributed by atoms with Gasteiger partial charge in [0, 0.05) is 5.56 Å². The first-order valence-electron chi connectivity index (χ1n) is 6.42. The van der Waals surface area contributed by atoms with E-state index in [1.165, 1.54) is 37.3 Å². The predicted octanol–water partition coefficient (Wildman–Crippen LogP) is 3.27. The number of hydrogen-bond donors (Lipinski definition) is 0. The van der Waals surface area contributed by atoms with Gasteiger partial charge in [-0.05, 0) is 68.3 Å². The third kappa shape index (κ3) is 3.49. The van der Waals surface area contributed by atoms with E-state index in [1.807, 2.05) is 13.8 Å². The Morgan fingerprint density at radius 3 is 2.10 bits per heavy atom. The Balaban J connectivity index is 2.28. The zero-order chi connectivity index (χ0) is 15.6. The minimum atomic E-state index is -3.87. The van der Waals surface area contributed by atoms with E-state index in [2.05, 4.69) is 0 Å². The molecule has 0 fully saturated rings. The summed E-state index contributed by atoms with van der Waals surface area (Å²) in [5, 5.41) is 0. The van der Waals surface area contributed by atoms with Gasteiger partial charge in [-0.3, -0.25) is 4.79 Å². The first kappa shape index (κ1) is 15.3. The molecule has 0 atom stereocenters. The van der Waals surface area contributed by atoms with Gasteiger partial charge in [0.05, 0.1) is 0 Å². The summed E-state index contributed by atoms with van der Waals surface area (Å²) in [7, 11) is -3.87. The average Bonchev–Trinajstić information content (AvgIpc) is 2.42. The number of Topliss-reactive ketones (excluding diaryl/α,β-unsaturated/α-hetero) is 1. The van der Waals surface area contributed by atoms with Crippen LogP contribution in [0.15, 0.2) is 47.4 Å². The molecule has 21 heavy (non-hydrogen) atoms. The number of carbonyl (C=O) groups excluding carboxylic acids is 1. The molecular weight excluding hydrogens is 288 g/mol. The molecule has 2 aromatic carbocycles. The number of rotatable bonds is 4. The second-order valence-corrected chi connectivity index (χ2v) is 6.41. The van der Waals surface area contributed by atoms with Crippen LogP contribution in [0.25, 0.3) is 0 Å². The van der Waals surface area contributed by atoms with Crippen LogP contribution in [0.1, 0.15) is 28.4 Å². The molecule has 110 valence electrons. The van der Waals surface area contributed by atoms with Crippen molar-refractivity contribution >= 4 is 15.9 Å². The number of ketones is 1. The minimum Gasteiger partial charge on any atom is -0.379 e. The number of hydrogen-bond acceptors (Lipinski definition) is 4. The fourth-order valence-electron chi connectivity index (χ4n) is 1.79. The quantitative estimate of drug-likeness (QED) is 0.642. The molecule has 5 heteroatoms. The highest BCUT2D eigenvalue weighted by Crippen LogP contribution is 2.21. The molecule has 4 nitrogen and oxygen atoms in total. The highest BCUT2D eigenvalue weighted by atomic mass is 32.2. The van der Waals surface area contributed by atoms with E-state index in [9.17, 15) is 13.2 Å². The second kappa shape index (κ2) is 5.69. The summed E-state index contributed by atoms with van der Waals surface area (Å²) in [5.41, 5.74) is 2.40. The third-order valence-electron chi connectivity index (χ3n) is 3.23. The molecule has 0 radical (unpaired) electrons. The molecule has 0 N–H and O–H groups in total. The van der Waals surface area contributed by atoms with E-state index >= 15 is 0 Å². The Bertz CT molecular complexity index is 774. The van der Waals surface area contributed by atoms with Crippen molar-refractivity contribution in [3.8, 4) is 5.75 Å². The molecule has 0 aliphatic rings. The summed E-state index contributed by atoms with van der Waals surface area (Å²) in [5.74, 6) is 0.0943. The molecular formula is C16H16O4S. The number of carbonyl (C=O) groups is 1. The van der Waals surface area contributed by atoms with Crippen LogP contribution < -0.4 is 4.18 Å². The molecule has 0 bridgehead atoms. The zero-order valence-electron chi connectivity index (χ0n) is 12.1. The highest BCUT2D eigenvalue weighted by Gasteiger charge is 2.17. The molecule has 0 aliphatic carbocycles. The lowest BCUT2D eigenvalue weighted by atomic mass is 10.1. The molecule has 0 heterocycles. The van der Waals surface area contributed by atoms with Gasteiger partial charge in [0.15, 0.2) is 5.78 Å². The molecule has 0 saturated carbocycles. The van der Waals surface area contributed by atoms with Gasteiger partial charge in [-0.25, -0.2) is 0 Å². The van der Waals surface area contributed by atoms with Crippen molar-refractivity contribution in [3.05, 3.63) is 59.2 Å². The molecule has 0 saturated heterocycles. The van der Waals surface area contributed by atoms with Crippen LogP contribution in [0, 0.1) is 13.8 Å². The van der Waals surface area contributed by atoms with Gasteiger partial charge < -0.3 is 4.18 Å². The van der Waals surface area contributed by atoms with Crippen molar-refractivity contribution in [2.75, 3.05) is 0 Å². The van der Waals surface area contributed by atoms with Gasteiger partial charge in [0.25, 0.3) is 0 Å². The number of benzene rings is 2. The van der Waals surface area contributed by atoms with Crippen molar-refractivity contribution < 1.29 is 17.4 Å². The van der Waals surface area contributed by atoms with Crippen molar-refractivity contribution in [1.82, 2.24) is 0 Å². The summed E-state index contributed by atoms with van der Waals surface area (Å²) >= 11 is 0. The monoisotopic (exact) mass is 304 g/mol. The molecule has 0 spiro atoms. The van der Waals surface area contributed by atoms with Crippen LogP contribution in [0.2, 0.25) is 0 Å². The lowest BCUT2D eigenvalue weighted by Crippen LogP contribution is -2.10. The molecule has 2 aromatic rings. The van der Waals surface area contributed by atoms with E-state index in [0.717, 1.165) is 11.1 Å². The molecule has 0 amide bonds. The predicted molar refractivity (Wildman–Crippen MR) is 80.2 cm³/mol. The summed E-state index contributed by atoms with van der Waals surface area (Å²) < 4.78 is 29.5. The Morgan fingerprint density at radius 1 is 0.952 bits per heavy atom. The number of aryl methyl sites for hydroxylation is 2. The van der Waals surface area contributed by atoms with Crippen LogP contribution in [-0.2, 0) is 10.1 Å². The lowest BCUT2D eigenvalue weighted by Gasteiger charge is -2.09. The average molecular weight is 304 g/mol. The van der Waals surface area contributed by atoms with Gasteiger partial charge in [-0.15, -0.1) is 0 Å². The van der Waals surface area contributed by atoms with Crippen LogP contribution in [0.3, 0.4) is 0 Å². The molecule has 0 aliphatic heterocycles. The van der Waals surface area contributed by atoms with Crippen LogP contribution in [-0.4, -0.2) is 14.2 Å². The maximum absolute atomic E-state index is 12.2. The van der Waals surface area contributed by atoms with Crippen molar-refractivity contribution in [2.45, 2.75) is 25.7 Å². The fraction of sp³-hybridized carbons (Fsp3) is 0.188. The summed E-state index contributed by atoms with van der Waals surface area (Å²) in [6.45, 7) is 5.20. The minimum absolute atomic E-state index is 0.0847. The highest BCUT2D eigenvalue weighted by molar-refractivity contribution is 7.87. The Hall–Kier alpha value is -2.14. The van der Waals surface area contributed by atoms with E-state index in [1.54, 1.807) is 12.1 Å². The van der Waals surface area contributed by atoms with E-state index in [0.29, 0.717) is 5.56 Å². The first-order valence-corrected chi connectivity index (χ1v) is 7.83. The summed E-state index contributed by atoms with van der Waals surface area (Å²) in [6.07, 6.45) is 0. The van der Waals surface area contributed by atoms with Crippen LogP contribution >= 0.6 is 0 Å². The lowest BCUT2D eigenvalue weighted by molar-refractivity contribution is 0.101. The van der Waals surface area contributed by atoms with Crippen molar-refractivity contribution in [2.24, 2.45) is 0 Å². The maximum atomic E-state index is 12.2. The fourth-order valence-corrected chi connectivity index (χ4v) is 2.81.